The molecule has 17 heteroatoms. The fraction of sp³-hybridized carbons (Fsp3) is 0.200. The van der Waals surface area contributed by atoms with Crippen LogP contribution in [0.4, 0.5) is 37.7 Å². The van der Waals surface area contributed by atoms with Crippen molar-refractivity contribution < 1.29 is 50.4 Å². The number of halogens is 8. The van der Waals surface area contributed by atoms with Crippen molar-refractivity contribution in [1.29, 1.82) is 0 Å². The topological polar surface area (TPSA) is 114 Å². The number of ether oxygens (including phenoxy) is 3. The zero-order valence-electron chi connectivity index (χ0n) is 24.0. The highest BCUT2D eigenvalue weighted by atomic mass is 79.9. The lowest BCUT2D eigenvalue weighted by molar-refractivity contribution is -0.385. The van der Waals surface area contributed by atoms with Crippen molar-refractivity contribution in [1.82, 2.24) is 0 Å². The summed E-state index contributed by atoms with van der Waals surface area (Å²) in [6.45, 7) is 2.83. The molecule has 0 aliphatic carbocycles. The Labute approximate surface area is 278 Å². The molecule has 0 spiro atoms. The lowest BCUT2D eigenvalue weighted by atomic mass is 9.99. The minimum atomic E-state index is -4.72. The summed E-state index contributed by atoms with van der Waals surface area (Å²) < 4.78 is 98.0. The third-order valence-electron chi connectivity index (χ3n) is 6.52. The van der Waals surface area contributed by atoms with Gasteiger partial charge in [0.15, 0.2) is 0 Å². The van der Waals surface area contributed by atoms with E-state index in [1.807, 2.05) is 0 Å². The molecule has 0 aromatic heterocycles. The summed E-state index contributed by atoms with van der Waals surface area (Å²) in [6, 6.07) is 9.49. The maximum Gasteiger partial charge on any atom is 0.416 e. The summed E-state index contributed by atoms with van der Waals surface area (Å²) in [7, 11) is 0. The predicted molar refractivity (Wildman–Crippen MR) is 165 cm³/mol. The first-order valence-corrected chi connectivity index (χ1v) is 14.9. The van der Waals surface area contributed by atoms with Crippen LogP contribution in [0, 0.1) is 20.2 Å². The van der Waals surface area contributed by atoms with E-state index in [1.54, 1.807) is 0 Å². The summed E-state index contributed by atoms with van der Waals surface area (Å²) in [5, 5.41) is 23.9. The molecular weight excluding hydrogens is 774 g/mol. The van der Waals surface area contributed by atoms with Crippen LogP contribution < -0.4 is 14.2 Å². The molecule has 0 unspecified atom stereocenters. The molecule has 0 fully saturated rings. The minimum absolute atomic E-state index is 0.00986. The van der Waals surface area contributed by atoms with E-state index in [0.29, 0.717) is 0 Å². The first-order chi connectivity index (χ1) is 22.0. The van der Waals surface area contributed by atoms with Crippen LogP contribution in [0.2, 0.25) is 0 Å². The third kappa shape index (κ3) is 7.45. The van der Waals surface area contributed by atoms with E-state index in [1.165, 1.54) is 13.8 Å². The van der Waals surface area contributed by atoms with E-state index in [9.17, 15) is 46.6 Å². The van der Waals surface area contributed by atoms with Gasteiger partial charge in [-0.1, -0.05) is 44.0 Å². The summed E-state index contributed by atoms with van der Waals surface area (Å²) in [6.07, 6.45) is -9.44. The number of alkyl halides is 6. The fourth-order valence-electron chi connectivity index (χ4n) is 4.56. The van der Waals surface area contributed by atoms with E-state index in [2.05, 4.69) is 31.9 Å². The van der Waals surface area contributed by atoms with E-state index in [0.717, 1.165) is 60.7 Å². The highest BCUT2D eigenvalue weighted by Gasteiger charge is 2.35. The molecule has 0 radical (unpaired) electrons. The van der Waals surface area contributed by atoms with Gasteiger partial charge in [0.25, 0.3) is 0 Å². The third-order valence-corrected chi connectivity index (χ3v) is 7.83. The first-order valence-electron chi connectivity index (χ1n) is 13.3. The Morgan fingerprint density at radius 2 is 1.00 bits per heavy atom. The van der Waals surface area contributed by atoms with Gasteiger partial charge in [-0.25, -0.2) is 0 Å². The van der Waals surface area contributed by atoms with Gasteiger partial charge in [-0.15, -0.1) is 0 Å². The predicted octanol–water partition coefficient (Wildman–Crippen LogP) is 11.0. The molecule has 4 aromatic rings. The van der Waals surface area contributed by atoms with Crippen LogP contribution >= 0.6 is 31.9 Å². The average molecular weight is 794 g/mol. The first kappa shape index (κ1) is 35.5. The van der Waals surface area contributed by atoms with Gasteiger partial charge in [0.2, 0.25) is 11.5 Å². The van der Waals surface area contributed by atoms with Crippen LogP contribution in [0.3, 0.4) is 0 Å². The second-order valence-electron chi connectivity index (χ2n) is 9.44. The average Bonchev–Trinajstić information content (AvgIpc) is 2.97. The molecule has 0 saturated carbocycles. The number of nitrogens with zero attached hydrogens (tertiary/aromatic N) is 2. The number of nitro groups is 2. The molecule has 4 rings (SSSR count). The molecule has 248 valence electrons. The maximum atomic E-state index is 13.5. The normalized spacial score (nSPS) is 11.7. The summed E-state index contributed by atoms with van der Waals surface area (Å²) in [5.74, 6) is -1.14. The molecule has 0 bridgehead atoms. The van der Waals surface area contributed by atoms with Crippen LogP contribution in [0.15, 0.2) is 69.6 Å². The van der Waals surface area contributed by atoms with Gasteiger partial charge in [-0.2, -0.15) is 26.3 Å². The van der Waals surface area contributed by atoms with Crippen molar-refractivity contribution in [2.24, 2.45) is 0 Å². The Morgan fingerprint density at radius 3 is 1.28 bits per heavy atom. The Balaban J connectivity index is 2.06. The monoisotopic (exact) mass is 792 g/mol. The van der Waals surface area contributed by atoms with Crippen molar-refractivity contribution >= 4 is 43.2 Å². The maximum absolute atomic E-state index is 13.5. The number of benzene rings is 4. The van der Waals surface area contributed by atoms with Crippen LogP contribution in [-0.4, -0.2) is 23.1 Å². The van der Waals surface area contributed by atoms with Crippen molar-refractivity contribution in [3.8, 4) is 45.3 Å². The number of rotatable bonds is 10. The van der Waals surface area contributed by atoms with Gasteiger partial charge >= 0.3 is 23.7 Å². The second-order valence-corrected chi connectivity index (χ2v) is 11.1. The Morgan fingerprint density at radius 1 is 0.638 bits per heavy atom. The quantitative estimate of drug-likeness (QED) is 0.0892. The van der Waals surface area contributed by atoms with Crippen LogP contribution in [0.5, 0.6) is 23.0 Å². The van der Waals surface area contributed by atoms with Gasteiger partial charge in [0.05, 0.1) is 45.3 Å². The molecule has 47 heavy (non-hydrogen) atoms. The van der Waals surface area contributed by atoms with Crippen LogP contribution in [0.25, 0.3) is 22.3 Å². The van der Waals surface area contributed by atoms with Crippen molar-refractivity contribution in [3.05, 3.63) is 101 Å². The molecule has 0 atom stereocenters. The van der Waals surface area contributed by atoms with Gasteiger partial charge < -0.3 is 14.2 Å². The largest absolute Gasteiger partial charge is 0.487 e. The molecule has 0 aliphatic rings. The van der Waals surface area contributed by atoms with Crippen molar-refractivity contribution in [2.45, 2.75) is 26.2 Å². The second kappa shape index (κ2) is 13.8. The van der Waals surface area contributed by atoms with Crippen molar-refractivity contribution in [3.63, 3.8) is 0 Å². The van der Waals surface area contributed by atoms with Gasteiger partial charge in [-0.05, 0) is 50.2 Å². The number of hydrogen-bond acceptors (Lipinski definition) is 7. The highest BCUT2D eigenvalue weighted by Crippen LogP contribution is 2.53. The molecule has 0 N–H and O–H groups in total. The molecular formula is C30H20Br2F6N2O7. The lowest BCUT2D eigenvalue weighted by Crippen LogP contribution is -2.06. The summed E-state index contributed by atoms with van der Waals surface area (Å²) in [5.41, 5.74) is -3.48. The number of hydrogen-bond donors (Lipinski definition) is 0. The fourth-order valence-corrected chi connectivity index (χ4v) is 5.72. The van der Waals surface area contributed by atoms with Crippen LogP contribution in [-0.2, 0) is 12.4 Å². The highest BCUT2D eigenvalue weighted by molar-refractivity contribution is 9.11. The smallest absolute Gasteiger partial charge is 0.416 e. The van der Waals surface area contributed by atoms with E-state index in [-0.39, 0.29) is 67.4 Å². The number of nitro benzene ring substituents is 2. The van der Waals surface area contributed by atoms with E-state index < -0.39 is 44.7 Å². The Bertz CT molecular complexity index is 1730. The molecule has 0 heterocycles. The van der Waals surface area contributed by atoms with E-state index >= 15 is 0 Å². The molecule has 0 aliphatic heterocycles. The summed E-state index contributed by atoms with van der Waals surface area (Å²) >= 11 is 6.22. The van der Waals surface area contributed by atoms with Gasteiger partial charge in [-0.3, -0.25) is 20.2 Å². The van der Waals surface area contributed by atoms with Crippen LogP contribution in [0.1, 0.15) is 25.0 Å². The van der Waals surface area contributed by atoms with Gasteiger partial charge in [0.1, 0.15) is 11.5 Å². The molecule has 0 saturated heterocycles. The van der Waals surface area contributed by atoms with E-state index in [4.69, 9.17) is 14.2 Å². The summed E-state index contributed by atoms with van der Waals surface area (Å²) in [4.78, 5) is 22.4. The SMILES string of the molecule is CCOc1c([N+](=O)[O-])ccc(Oc2ccc([N+](=O)[O-])c(OCC)c2-c2ccc(C(F)(F)F)cc2Br)c1-c1ccc(C(F)(F)F)cc1Br. The van der Waals surface area contributed by atoms with Crippen molar-refractivity contribution in [2.75, 3.05) is 13.2 Å². The molecule has 0 amide bonds. The zero-order chi connectivity index (χ0) is 34.8. The standard InChI is InChI=1S/C30H20Br2F6N2O7/c1-3-45-27-21(39(41)42)9-11-23(25(27)17-7-5-15(13-19(17)31)29(33,34)35)47-24-12-10-22(40(43)44)28(46-4-2)26(24)18-8-6-16(14-20(18)32)30(36,37)38/h5-14H,3-4H2,1-2H3. The van der Waals surface area contributed by atoms with Gasteiger partial charge in [0, 0.05) is 32.2 Å². The zero-order valence-corrected chi connectivity index (χ0v) is 27.1. The Hall–Kier alpha value is -4.38. The Kier molecular flexibility index (Phi) is 10.4. The minimum Gasteiger partial charge on any atom is -0.487 e. The lowest BCUT2D eigenvalue weighted by Gasteiger charge is -2.21. The molecule has 4 aromatic carbocycles. The molecule has 9 nitrogen and oxygen atoms in total.